The van der Waals surface area contributed by atoms with Gasteiger partial charge in [0.15, 0.2) is 11.0 Å². The lowest BCUT2D eigenvalue weighted by Gasteiger charge is -2.45. The zero-order valence-electron chi connectivity index (χ0n) is 22.8. The van der Waals surface area contributed by atoms with Crippen LogP contribution in [0.1, 0.15) is 33.5 Å². The van der Waals surface area contributed by atoms with Crippen molar-refractivity contribution in [3.05, 3.63) is 144 Å². The summed E-state index contributed by atoms with van der Waals surface area (Å²) in [6.45, 7) is 2.30. The quantitative estimate of drug-likeness (QED) is 0.245. The minimum atomic E-state index is -1.42. The Morgan fingerprint density at radius 1 is 0.775 bits per heavy atom. The van der Waals surface area contributed by atoms with Gasteiger partial charge in [-0.3, -0.25) is 9.69 Å². The maximum Gasteiger partial charge on any atom is 0.272 e. The molecule has 6 heteroatoms. The molecule has 0 saturated carbocycles. The van der Waals surface area contributed by atoms with E-state index in [1.165, 1.54) is 11.1 Å². The first-order valence-corrected chi connectivity index (χ1v) is 15.1. The van der Waals surface area contributed by atoms with Gasteiger partial charge in [-0.25, -0.2) is 0 Å². The monoisotopic (exact) mass is 552 g/mol. The molecule has 1 aliphatic heterocycles. The van der Waals surface area contributed by atoms with Crippen LogP contribution in [0.5, 0.6) is 0 Å². The molecule has 40 heavy (non-hydrogen) atoms. The van der Waals surface area contributed by atoms with E-state index in [1.54, 1.807) is 7.11 Å². The molecule has 0 N–H and O–H groups in total. The number of carbonyl (C=O) groups excluding carboxylic acids is 1. The molecule has 1 aliphatic rings. The van der Waals surface area contributed by atoms with Crippen molar-refractivity contribution in [2.75, 3.05) is 39.1 Å². The summed E-state index contributed by atoms with van der Waals surface area (Å²) >= 11 is -1.42. The van der Waals surface area contributed by atoms with Gasteiger partial charge in [-0.2, -0.15) is 0 Å². The summed E-state index contributed by atoms with van der Waals surface area (Å²) in [4.78, 5) is 17.9. The molecule has 1 saturated heterocycles. The number of rotatable bonds is 10. The van der Waals surface area contributed by atoms with E-state index in [0.717, 1.165) is 11.1 Å². The van der Waals surface area contributed by atoms with Crippen molar-refractivity contribution >= 4 is 17.1 Å². The maximum atomic E-state index is 13.8. The van der Waals surface area contributed by atoms with E-state index in [9.17, 15) is 9.35 Å². The fourth-order valence-corrected chi connectivity index (χ4v) is 7.18. The number of piperazine rings is 1. The summed E-state index contributed by atoms with van der Waals surface area (Å²) in [5.41, 5.74) is 4.33. The van der Waals surface area contributed by atoms with Gasteiger partial charge >= 0.3 is 0 Å². The molecule has 2 unspecified atom stereocenters. The first kappa shape index (κ1) is 28.1. The lowest BCUT2D eigenvalue weighted by Crippen LogP contribution is -2.58. The van der Waals surface area contributed by atoms with Gasteiger partial charge in [-0.1, -0.05) is 121 Å². The Morgan fingerprint density at radius 2 is 1.23 bits per heavy atom. The SMILES string of the molecule is COCC1CN(C(=O)C[S+]([O-])C(c2ccccc2)c2ccccc2)CCN1C(c1ccccc1)c1ccccc1. The highest BCUT2D eigenvalue weighted by Crippen LogP contribution is 2.33. The summed E-state index contributed by atoms with van der Waals surface area (Å²) in [6, 6.07) is 40.7. The predicted octanol–water partition coefficient (Wildman–Crippen LogP) is 5.47. The molecule has 1 amide bonds. The van der Waals surface area contributed by atoms with Crippen LogP contribution >= 0.6 is 0 Å². The van der Waals surface area contributed by atoms with Crippen LogP contribution in [0, 0.1) is 0 Å². The Hall–Kier alpha value is -3.42. The fraction of sp³-hybridized carbons (Fsp3) is 0.265. The average molecular weight is 553 g/mol. The Morgan fingerprint density at radius 3 is 1.68 bits per heavy atom. The van der Waals surface area contributed by atoms with Crippen LogP contribution in [0.15, 0.2) is 121 Å². The number of ether oxygens (including phenoxy) is 1. The van der Waals surface area contributed by atoms with Crippen LogP contribution in [-0.2, 0) is 20.7 Å². The molecule has 206 valence electrons. The largest absolute Gasteiger partial charge is 0.615 e. The summed E-state index contributed by atoms with van der Waals surface area (Å²) < 4.78 is 19.4. The highest BCUT2D eigenvalue weighted by atomic mass is 32.2. The van der Waals surface area contributed by atoms with Crippen molar-refractivity contribution in [2.45, 2.75) is 17.3 Å². The normalized spacial score (nSPS) is 16.8. The second-order valence-corrected chi connectivity index (χ2v) is 11.7. The molecular weight excluding hydrogens is 516 g/mol. The molecule has 0 aliphatic carbocycles. The zero-order valence-corrected chi connectivity index (χ0v) is 23.7. The van der Waals surface area contributed by atoms with Gasteiger partial charge in [0.2, 0.25) is 0 Å². The van der Waals surface area contributed by atoms with E-state index in [1.807, 2.05) is 77.7 Å². The smallest absolute Gasteiger partial charge is 0.272 e. The number of carbonyl (C=O) groups is 1. The van der Waals surface area contributed by atoms with Gasteiger partial charge in [0, 0.05) is 37.9 Å². The van der Waals surface area contributed by atoms with Crippen molar-refractivity contribution in [2.24, 2.45) is 0 Å². The number of amides is 1. The van der Waals surface area contributed by atoms with Crippen LogP contribution in [-0.4, -0.2) is 65.4 Å². The van der Waals surface area contributed by atoms with Crippen LogP contribution in [0.25, 0.3) is 0 Å². The van der Waals surface area contributed by atoms with E-state index in [4.69, 9.17) is 4.74 Å². The molecule has 2 atom stereocenters. The molecule has 4 aromatic carbocycles. The third kappa shape index (κ3) is 6.65. The summed E-state index contributed by atoms with van der Waals surface area (Å²) in [6.07, 6.45) is 0. The third-order valence-corrected chi connectivity index (χ3v) is 9.14. The number of hydrogen-bond acceptors (Lipinski definition) is 4. The highest BCUT2D eigenvalue weighted by molar-refractivity contribution is 7.92. The molecule has 1 heterocycles. The summed E-state index contributed by atoms with van der Waals surface area (Å²) in [5, 5.41) is -0.358. The molecule has 0 spiro atoms. The molecule has 0 bridgehead atoms. The van der Waals surface area contributed by atoms with Crippen molar-refractivity contribution in [1.29, 1.82) is 0 Å². The molecule has 5 rings (SSSR count). The number of benzene rings is 4. The zero-order chi connectivity index (χ0) is 27.7. The van der Waals surface area contributed by atoms with Gasteiger partial charge < -0.3 is 14.2 Å². The van der Waals surface area contributed by atoms with Crippen LogP contribution < -0.4 is 0 Å². The lowest BCUT2D eigenvalue weighted by molar-refractivity contribution is -0.132. The van der Waals surface area contributed by atoms with E-state index < -0.39 is 11.2 Å². The first-order valence-electron chi connectivity index (χ1n) is 13.7. The first-order chi connectivity index (χ1) is 19.7. The highest BCUT2D eigenvalue weighted by Gasteiger charge is 2.37. The second kappa shape index (κ2) is 13.8. The number of methoxy groups -OCH3 is 1. The molecular formula is C34H36N2O3S. The average Bonchev–Trinajstić information content (AvgIpc) is 3.00. The van der Waals surface area contributed by atoms with Crippen molar-refractivity contribution in [3.63, 3.8) is 0 Å². The Bertz CT molecular complexity index is 1250. The molecule has 5 nitrogen and oxygen atoms in total. The second-order valence-electron chi connectivity index (χ2n) is 10.1. The van der Waals surface area contributed by atoms with Gasteiger partial charge in [0.25, 0.3) is 5.91 Å². The molecule has 1 fully saturated rings. The van der Waals surface area contributed by atoms with Crippen LogP contribution in [0.2, 0.25) is 0 Å². The Labute approximate surface area is 240 Å². The van der Waals surface area contributed by atoms with E-state index in [0.29, 0.717) is 26.2 Å². The predicted molar refractivity (Wildman–Crippen MR) is 161 cm³/mol. The van der Waals surface area contributed by atoms with E-state index in [-0.39, 0.29) is 29.0 Å². The Kier molecular flexibility index (Phi) is 9.68. The standard InChI is InChI=1S/C34H36N2O3S/c1-39-25-31-24-35(22-23-36(31)33(27-14-6-2-7-15-27)28-16-8-3-9-17-28)32(37)26-40(38)34(29-18-10-4-11-19-29)30-20-12-5-13-21-30/h2-21,31,33-34H,22-26H2,1H3. The van der Waals surface area contributed by atoms with Gasteiger partial charge in [0.05, 0.1) is 18.7 Å². The van der Waals surface area contributed by atoms with Crippen molar-refractivity contribution < 1.29 is 14.1 Å². The summed E-state index contributed by atoms with van der Waals surface area (Å²) in [7, 11) is 1.71. The maximum absolute atomic E-state index is 13.8. The lowest BCUT2D eigenvalue weighted by atomic mass is 9.94. The van der Waals surface area contributed by atoms with Crippen molar-refractivity contribution in [1.82, 2.24) is 9.80 Å². The molecule has 0 aromatic heterocycles. The third-order valence-electron chi connectivity index (χ3n) is 7.54. The van der Waals surface area contributed by atoms with Crippen LogP contribution in [0.4, 0.5) is 0 Å². The van der Waals surface area contributed by atoms with E-state index >= 15 is 0 Å². The number of nitrogens with zero attached hydrogens (tertiary/aromatic N) is 2. The minimum Gasteiger partial charge on any atom is -0.615 e. The topological polar surface area (TPSA) is 55.8 Å². The minimum absolute atomic E-state index is 0.000547. The van der Waals surface area contributed by atoms with Gasteiger partial charge in [0.1, 0.15) is 0 Å². The van der Waals surface area contributed by atoms with Crippen LogP contribution in [0.3, 0.4) is 0 Å². The molecule has 0 radical (unpaired) electrons. The Balaban J connectivity index is 1.34. The van der Waals surface area contributed by atoms with Gasteiger partial charge in [-0.05, 0) is 22.3 Å². The van der Waals surface area contributed by atoms with Crippen molar-refractivity contribution in [3.8, 4) is 0 Å². The summed E-state index contributed by atoms with van der Waals surface area (Å²) in [5.74, 6) is -0.0958. The number of hydrogen-bond donors (Lipinski definition) is 0. The molecule has 4 aromatic rings. The van der Waals surface area contributed by atoms with E-state index in [2.05, 4.69) is 53.4 Å². The fourth-order valence-electron chi connectivity index (χ4n) is 5.67. The van der Waals surface area contributed by atoms with Gasteiger partial charge in [-0.15, -0.1) is 0 Å².